The molecule has 0 amide bonds. The van der Waals surface area contributed by atoms with Gasteiger partial charge in [-0.25, -0.2) is 0 Å². The molecule has 3 nitrogen and oxygen atoms in total. The van der Waals surface area contributed by atoms with Crippen LogP contribution in [0.1, 0.15) is 0 Å². The number of rotatable bonds is 12. The van der Waals surface area contributed by atoms with Crippen LogP contribution < -0.4 is 16.0 Å². The molecule has 0 aliphatic carbocycles. The van der Waals surface area contributed by atoms with Crippen molar-refractivity contribution >= 4 is 203 Å². The van der Waals surface area contributed by atoms with E-state index in [4.69, 9.17) is 0 Å². The first-order valence-corrected chi connectivity index (χ1v) is 43.6. The Morgan fingerprint density at radius 1 is 0.160 bits per heavy atom. The molecule has 0 bridgehead atoms. The first-order valence-electron chi connectivity index (χ1n) is 40.3. The topological polar surface area (TPSA) is 36.1 Å². The molecule has 560 valence electrons. The largest absolute Gasteiger partial charge is 0.355 e. The Morgan fingerprint density at radius 2 is 0.630 bits per heavy atom. The van der Waals surface area contributed by atoms with Gasteiger partial charge in [0.05, 0.1) is 0 Å². The van der Waals surface area contributed by atoms with Gasteiger partial charge in [0.15, 0.2) is 0 Å². The maximum atomic E-state index is 3.84. The van der Waals surface area contributed by atoms with Crippen molar-refractivity contribution in [2.24, 2.45) is 0 Å². The molecular weight excluding hydrogens is 1520 g/mol. The highest BCUT2D eigenvalue weighted by Gasteiger charge is 2.21. The van der Waals surface area contributed by atoms with Crippen LogP contribution in [-0.2, 0) is 0 Å². The summed E-state index contributed by atoms with van der Waals surface area (Å²) in [6.45, 7) is 0. The van der Waals surface area contributed by atoms with E-state index in [1.165, 1.54) is 191 Å². The van der Waals surface area contributed by atoms with Gasteiger partial charge in [-0.05, 0) is 202 Å². The number of benzene rings is 20. The molecule has 0 radical (unpaired) electrons. The van der Waals surface area contributed by atoms with Crippen molar-refractivity contribution in [2.75, 3.05) is 16.0 Å². The molecule has 0 fully saturated rings. The highest BCUT2D eigenvalue weighted by Crippen LogP contribution is 2.50. The second-order valence-corrected chi connectivity index (χ2v) is 34.7. The predicted molar refractivity (Wildman–Crippen MR) is 523 cm³/mol. The van der Waals surface area contributed by atoms with Gasteiger partial charge in [-0.15, -0.1) is 45.3 Å². The van der Waals surface area contributed by atoms with Gasteiger partial charge < -0.3 is 16.0 Å². The van der Waals surface area contributed by atoms with Crippen molar-refractivity contribution in [1.82, 2.24) is 0 Å². The summed E-state index contributed by atoms with van der Waals surface area (Å²) in [7, 11) is 0. The Bertz CT molecular complexity index is 7990. The summed E-state index contributed by atoms with van der Waals surface area (Å²) >= 11 is 7.51. The van der Waals surface area contributed by atoms with Crippen molar-refractivity contribution in [3.05, 3.63) is 425 Å². The van der Waals surface area contributed by atoms with Crippen molar-refractivity contribution in [3.8, 4) is 66.8 Å². The quantitative estimate of drug-likeness (QED) is 0.114. The van der Waals surface area contributed by atoms with Crippen molar-refractivity contribution in [2.45, 2.75) is 0 Å². The first-order chi connectivity index (χ1) is 58.9. The summed E-state index contributed by atoms with van der Waals surface area (Å²) < 4.78 is 10.6. The molecule has 4 aromatic heterocycles. The summed E-state index contributed by atoms with van der Waals surface area (Å²) in [5.74, 6) is 0. The van der Waals surface area contributed by atoms with E-state index in [1.807, 2.05) is 45.3 Å². The van der Waals surface area contributed by atoms with Gasteiger partial charge in [0.25, 0.3) is 0 Å². The van der Waals surface area contributed by atoms with Crippen LogP contribution in [0.15, 0.2) is 425 Å². The maximum absolute atomic E-state index is 3.84. The molecule has 0 saturated carbocycles. The van der Waals surface area contributed by atoms with Crippen LogP contribution in [0, 0.1) is 0 Å². The maximum Gasteiger partial charge on any atom is 0.0485 e. The summed E-state index contributed by atoms with van der Waals surface area (Å²) in [5.41, 5.74) is 21.4. The number of nitrogens with one attached hydrogen (secondary N) is 3. The summed E-state index contributed by atoms with van der Waals surface area (Å²) in [6, 6.07) is 153. The van der Waals surface area contributed by atoms with Gasteiger partial charge >= 0.3 is 0 Å². The molecule has 4 heterocycles. The highest BCUT2D eigenvalue weighted by molar-refractivity contribution is 7.27. The fraction of sp³-hybridized carbons (Fsp3) is 0. The third-order valence-electron chi connectivity index (χ3n) is 23.1. The lowest BCUT2D eigenvalue weighted by atomic mass is 9.95. The molecule has 0 saturated heterocycles. The van der Waals surface area contributed by atoms with E-state index in [0.717, 1.165) is 34.1 Å². The third-order valence-corrected chi connectivity index (χ3v) is 27.8. The zero-order valence-electron chi connectivity index (χ0n) is 64.5. The van der Waals surface area contributed by atoms with Crippen LogP contribution in [-0.4, -0.2) is 0 Å². The zero-order chi connectivity index (χ0) is 78.7. The number of hydrogen-bond donors (Lipinski definition) is 3. The van der Waals surface area contributed by atoms with E-state index >= 15 is 0 Å². The molecule has 24 aromatic rings. The minimum absolute atomic E-state index is 1.08. The van der Waals surface area contributed by atoms with E-state index < -0.39 is 0 Å². The number of fused-ring (bicyclic) bond motifs is 17. The molecule has 119 heavy (non-hydrogen) atoms. The summed E-state index contributed by atoms with van der Waals surface area (Å²) in [6.07, 6.45) is 0. The van der Waals surface area contributed by atoms with Crippen LogP contribution in [0.3, 0.4) is 0 Å². The number of hydrogen-bond acceptors (Lipinski definition) is 7. The Kier molecular flexibility index (Phi) is 18.4. The molecule has 0 unspecified atom stereocenters. The Hall–Kier alpha value is -14.3. The van der Waals surface area contributed by atoms with Gasteiger partial charge in [0.1, 0.15) is 0 Å². The normalized spacial score (nSPS) is 11.5. The zero-order valence-corrected chi connectivity index (χ0v) is 67.8. The summed E-state index contributed by atoms with van der Waals surface area (Å²) in [4.78, 5) is 0. The average Bonchev–Trinajstić information content (AvgIpc) is 1.58. The fourth-order valence-electron chi connectivity index (χ4n) is 17.3. The SMILES string of the molecule is c1ccc(-c2cc(Nc3ccc4sc5ccccc5c4c3)c3c(c2)sc2c4ccccc4ccc23)cc1.c1ccc(-c2ccc(-c3cc(Nc4cccc(-c5ccccc5)c4)cc4c3sc3cc5ccccc5cc34)cc2)cc1.c1ccc2cc(-c3ccc(Nc4ccc5c(sc6ccccc65)c4-c4cccc5ccccc45)cc3)ccc2c1. The molecule has 0 aliphatic rings. The Morgan fingerprint density at radius 3 is 1.38 bits per heavy atom. The predicted octanol–water partition coefficient (Wildman–Crippen LogP) is 34.4. The van der Waals surface area contributed by atoms with Gasteiger partial charge in [-0.3, -0.25) is 0 Å². The second-order valence-electron chi connectivity index (χ2n) is 30.4. The lowest BCUT2D eigenvalue weighted by Gasteiger charge is -2.16. The molecule has 3 N–H and O–H groups in total. The van der Waals surface area contributed by atoms with Gasteiger partial charge in [-0.2, -0.15) is 0 Å². The molecule has 20 aromatic carbocycles. The average molecular weight is 1590 g/mol. The van der Waals surface area contributed by atoms with Crippen molar-refractivity contribution in [3.63, 3.8) is 0 Å². The molecular formula is C112H73N3S4. The minimum atomic E-state index is 1.08. The Balaban J connectivity index is 0.000000108. The standard InChI is InChI=1S/C40H27NS.C38H25NS.C34H21NS2/c1-3-10-27(11-4-1)29-18-20-30(21-19-29)36-25-35(41-34-17-9-16-31(22-34)28-12-5-2-6-13-28)26-38-37-23-32-14-7-8-15-33(32)24-39(37)42-40(36)38;1-2-10-28-24-29(17-16-25(28)8-1)26-18-20-30(21-19-26)39-35-23-22-34-32-13-5-6-15-36(32)40-38(34)37(35)33-14-7-11-27-9-3-4-12-31(27)33;1-2-8-21(9-3-1)23-18-29(35-24-15-17-31-28(20-24)26-12-6-7-13-30(26)36-31)33-27-16-14-22-10-4-5-11-25(22)34(27)37-32(33)19-23/h1-26,41H;1-24,39H;1-20,35H. The number of thiophene rings is 4. The van der Waals surface area contributed by atoms with E-state index in [2.05, 4.69) is 441 Å². The third kappa shape index (κ3) is 13.7. The van der Waals surface area contributed by atoms with Gasteiger partial charge in [-0.1, -0.05) is 322 Å². The van der Waals surface area contributed by atoms with Crippen LogP contribution in [0.25, 0.3) is 191 Å². The van der Waals surface area contributed by atoms with Crippen LogP contribution in [0.4, 0.5) is 34.1 Å². The Labute approximate surface area is 704 Å². The van der Waals surface area contributed by atoms with E-state index in [-0.39, 0.29) is 0 Å². The minimum Gasteiger partial charge on any atom is -0.355 e. The first kappa shape index (κ1) is 71.3. The molecule has 0 aliphatic heterocycles. The lowest BCUT2D eigenvalue weighted by Crippen LogP contribution is -1.94. The molecule has 24 rings (SSSR count). The highest BCUT2D eigenvalue weighted by atomic mass is 32.1. The number of anilines is 6. The second kappa shape index (κ2) is 30.7. The van der Waals surface area contributed by atoms with Crippen molar-refractivity contribution < 1.29 is 0 Å². The van der Waals surface area contributed by atoms with E-state index in [1.54, 1.807) is 0 Å². The summed E-state index contributed by atoms with van der Waals surface area (Å²) in [5, 5.41) is 32.0. The molecule has 0 atom stereocenters. The van der Waals surface area contributed by atoms with Crippen molar-refractivity contribution in [1.29, 1.82) is 0 Å². The fourth-order valence-corrected chi connectivity index (χ4v) is 22.2. The van der Waals surface area contributed by atoms with Crippen LogP contribution in [0.2, 0.25) is 0 Å². The van der Waals surface area contributed by atoms with Crippen LogP contribution >= 0.6 is 45.3 Å². The molecule has 7 heteroatoms. The van der Waals surface area contributed by atoms with E-state index in [0.29, 0.717) is 0 Å². The lowest BCUT2D eigenvalue weighted by molar-refractivity contribution is 1.55. The smallest absolute Gasteiger partial charge is 0.0485 e. The monoisotopic (exact) mass is 1590 g/mol. The molecule has 0 spiro atoms. The van der Waals surface area contributed by atoms with Gasteiger partial charge in [0, 0.05) is 126 Å². The van der Waals surface area contributed by atoms with Crippen LogP contribution in [0.5, 0.6) is 0 Å². The van der Waals surface area contributed by atoms with Gasteiger partial charge in [0.2, 0.25) is 0 Å². The van der Waals surface area contributed by atoms with E-state index in [9.17, 15) is 0 Å².